The number of carbonyl (C=O) groups is 1. The first-order valence-corrected chi connectivity index (χ1v) is 6.98. The average Bonchev–Trinajstić information content (AvgIpc) is 2.61. The molecule has 0 bridgehead atoms. The molecule has 0 radical (unpaired) electrons. The first kappa shape index (κ1) is 17.0. The van der Waals surface area contributed by atoms with Crippen molar-refractivity contribution < 1.29 is 18.7 Å². The third kappa shape index (κ3) is 3.90. The maximum absolute atomic E-state index is 12.9. The van der Waals surface area contributed by atoms with Gasteiger partial charge in [-0.1, -0.05) is 6.07 Å². The zero-order chi connectivity index (χ0) is 17.5. The molecule has 1 N–H and O–H groups in total. The summed E-state index contributed by atoms with van der Waals surface area (Å²) in [5.41, 5.74) is 0.727. The smallest absolute Gasteiger partial charge is 0.266 e. The van der Waals surface area contributed by atoms with Crippen LogP contribution in [0.15, 0.2) is 48.0 Å². The highest BCUT2D eigenvalue weighted by Gasteiger charge is 2.14. The molecular weight excluding hydrogens is 311 g/mol. The van der Waals surface area contributed by atoms with E-state index >= 15 is 0 Å². The van der Waals surface area contributed by atoms with Crippen LogP contribution in [-0.4, -0.2) is 20.1 Å². The Kier molecular flexibility index (Phi) is 5.53. The van der Waals surface area contributed by atoms with Gasteiger partial charge in [0.05, 0.1) is 19.8 Å². The number of ether oxygens (including phenoxy) is 2. The molecule has 2 aromatic rings. The van der Waals surface area contributed by atoms with Gasteiger partial charge in [0.25, 0.3) is 5.91 Å². The number of nitrogens with one attached hydrogen (secondary N) is 1. The molecule has 5 nitrogen and oxygen atoms in total. The summed E-state index contributed by atoms with van der Waals surface area (Å²) in [5.74, 6) is -0.0896. The van der Waals surface area contributed by atoms with Crippen LogP contribution in [0.4, 0.5) is 10.1 Å². The van der Waals surface area contributed by atoms with Crippen LogP contribution in [0.1, 0.15) is 5.56 Å². The molecule has 0 aliphatic rings. The summed E-state index contributed by atoms with van der Waals surface area (Å²) >= 11 is 0. The minimum Gasteiger partial charge on any atom is -0.496 e. The van der Waals surface area contributed by atoms with Crippen molar-refractivity contribution in [3.63, 3.8) is 0 Å². The molecule has 0 saturated heterocycles. The lowest BCUT2D eigenvalue weighted by Gasteiger charge is -2.10. The van der Waals surface area contributed by atoms with E-state index in [-0.39, 0.29) is 5.57 Å². The van der Waals surface area contributed by atoms with Gasteiger partial charge in [0.1, 0.15) is 29.0 Å². The van der Waals surface area contributed by atoms with E-state index in [0.29, 0.717) is 22.7 Å². The third-order valence-electron chi connectivity index (χ3n) is 3.22. The second-order valence-corrected chi connectivity index (χ2v) is 4.71. The van der Waals surface area contributed by atoms with Gasteiger partial charge in [-0.2, -0.15) is 5.26 Å². The molecule has 0 aromatic heterocycles. The Balaban J connectivity index is 2.34. The first-order chi connectivity index (χ1) is 11.6. The molecule has 0 aliphatic heterocycles. The summed E-state index contributed by atoms with van der Waals surface area (Å²) in [4.78, 5) is 12.3. The normalized spacial score (nSPS) is 10.7. The SMILES string of the molecule is COc1cccc(OC)c1/C=C(\C#N)C(=O)Nc1ccc(F)cc1. The monoisotopic (exact) mass is 326 g/mol. The van der Waals surface area contributed by atoms with Gasteiger partial charge in [-0.3, -0.25) is 4.79 Å². The molecule has 0 saturated carbocycles. The Labute approximate surface area is 138 Å². The Morgan fingerprint density at radius 2 is 1.71 bits per heavy atom. The summed E-state index contributed by atoms with van der Waals surface area (Å²) < 4.78 is 23.4. The number of methoxy groups -OCH3 is 2. The number of amides is 1. The minimum absolute atomic E-state index is 0.137. The number of hydrogen-bond acceptors (Lipinski definition) is 4. The number of nitriles is 1. The van der Waals surface area contributed by atoms with Gasteiger partial charge < -0.3 is 14.8 Å². The fraction of sp³-hybridized carbons (Fsp3) is 0.111. The fourth-order valence-electron chi connectivity index (χ4n) is 2.05. The van der Waals surface area contributed by atoms with Gasteiger partial charge in [-0.25, -0.2) is 4.39 Å². The van der Waals surface area contributed by atoms with Crippen LogP contribution >= 0.6 is 0 Å². The summed E-state index contributed by atoms with van der Waals surface area (Å²) in [5, 5.41) is 11.8. The highest BCUT2D eigenvalue weighted by atomic mass is 19.1. The Hall–Kier alpha value is -3.33. The Morgan fingerprint density at radius 3 is 2.21 bits per heavy atom. The minimum atomic E-state index is -0.614. The number of anilines is 1. The van der Waals surface area contributed by atoms with Gasteiger partial charge in [0.2, 0.25) is 0 Å². The molecule has 0 unspecified atom stereocenters. The molecule has 122 valence electrons. The molecule has 0 atom stereocenters. The molecule has 6 heteroatoms. The number of nitrogens with zero attached hydrogens (tertiary/aromatic N) is 1. The quantitative estimate of drug-likeness (QED) is 0.675. The molecule has 0 aliphatic carbocycles. The lowest BCUT2D eigenvalue weighted by atomic mass is 10.1. The van der Waals surface area contributed by atoms with E-state index in [4.69, 9.17) is 9.47 Å². The lowest BCUT2D eigenvalue weighted by Crippen LogP contribution is -2.13. The molecular formula is C18H15FN2O3. The average molecular weight is 326 g/mol. The zero-order valence-corrected chi connectivity index (χ0v) is 13.2. The van der Waals surface area contributed by atoms with Crippen LogP contribution in [0, 0.1) is 17.1 Å². The van der Waals surface area contributed by atoms with Crippen molar-refractivity contribution in [3.05, 3.63) is 59.4 Å². The predicted molar refractivity (Wildman–Crippen MR) is 88.2 cm³/mol. The van der Waals surface area contributed by atoms with E-state index < -0.39 is 11.7 Å². The highest BCUT2D eigenvalue weighted by Crippen LogP contribution is 2.30. The predicted octanol–water partition coefficient (Wildman–Crippen LogP) is 3.39. The topological polar surface area (TPSA) is 71.3 Å². The first-order valence-electron chi connectivity index (χ1n) is 6.98. The second-order valence-electron chi connectivity index (χ2n) is 4.71. The van der Waals surface area contributed by atoms with Crippen molar-refractivity contribution >= 4 is 17.7 Å². The fourth-order valence-corrected chi connectivity index (χ4v) is 2.05. The van der Waals surface area contributed by atoms with E-state index in [2.05, 4.69) is 5.32 Å². The van der Waals surface area contributed by atoms with E-state index in [1.54, 1.807) is 18.2 Å². The largest absolute Gasteiger partial charge is 0.496 e. The van der Waals surface area contributed by atoms with E-state index in [1.165, 1.54) is 44.6 Å². The second kappa shape index (κ2) is 7.79. The molecule has 2 aromatic carbocycles. The summed E-state index contributed by atoms with van der Waals surface area (Å²) in [6.07, 6.45) is 1.39. The number of carbonyl (C=O) groups excluding carboxylic acids is 1. The van der Waals surface area contributed by atoms with Crippen LogP contribution < -0.4 is 14.8 Å². The lowest BCUT2D eigenvalue weighted by molar-refractivity contribution is -0.112. The van der Waals surface area contributed by atoms with Crippen LogP contribution in [0.3, 0.4) is 0 Å². The Bertz CT molecular complexity index is 786. The molecule has 24 heavy (non-hydrogen) atoms. The molecule has 0 heterocycles. The van der Waals surface area contributed by atoms with Crippen molar-refractivity contribution in [1.82, 2.24) is 0 Å². The number of rotatable bonds is 5. The van der Waals surface area contributed by atoms with E-state index in [9.17, 15) is 14.4 Å². The van der Waals surface area contributed by atoms with Gasteiger partial charge in [0, 0.05) is 5.69 Å². The number of hydrogen-bond donors (Lipinski definition) is 1. The van der Waals surface area contributed by atoms with Gasteiger partial charge in [0.15, 0.2) is 0 Å². The number of benzene rings is 2. The molecule has 1 amide bonds. The highest BCUT2D eigenvalue weighted by molar-refractivity contribution is 6.10. The van der Waals surface area contributed by atoms with Crippen molar-refractivity contribution in [2.24, 2.45) is 0 Å². The van der Waals surface area contributed by atoms with Crippen LogP contribution in [0.2, 0.25) is 0 Å². The molecule has 0 spiro atoms. The van der Waals surface area contributed by atoms with Gasteiger partial charge in [-0.15, -0.1) is 0 Å². The Morgan fingerprint density at radius 1 is 1.12 bits per heavy atom. The van der Waals surface area contributed by atoms with Crippen molar-refractivity contribution in [2.75, 3.05) is 19.5 Å². The van der Waals surface area contributed by atoms with Gasteiger partial charge in [-0.05, 0) is 42.5 Å². The molecule has 0 fully saturated rings. The van der Waals surface area contributed by atoms with Crippen molar-refractivity contribution in [3.8, 4) is 17.6 Å². The van der Waals surface area contributed by atoms with Crippen LogP contribution in [-0.2, 0) is 4.79 Å². The molecule has 2 rings (SSSR count). The summed E-state index contributed by atoms with van der Waals surface area (Å²) in [6, 6.07) is 12.2. The summed E-state index contributed by atoms with van der Waals surface area (Å²) in [6.45, 7) is 0. The van der Waals surface area contributed by atoms with Crippen molar-refractivity contribution in [1.29, 1.82) is 5.26 Å². The van der Waals surface area contributed by atoms with Crippen molar-refractivity contribution in [2.45, 2.75) is 0 Å². The third-order valence-corrected chi connectivity index (χ3v) is 3.22. The van der Waals surface area contributed by atoms with E-state index in [0.717, 1.165) is 0 Å². The van der Waals surface area contributed by atoms with E-state index in [1.807, 2.05) is 6.07 Å². The number of halogens is 1. The maximum Gasteiger partial charge on any atom is 0.266 e. The maximum atomic E-state index is 12.9. The standard InChI is InChI=1S/C18H15FN2O3/c1-23-16-4-3-5-17(24-2)15(16)10-12(11-20)18(22)21-14-8-6-13(19)7-9-14/h3-10H,1-2H3,(H,21,22)/b12-10+. The van der Waals surface area contributed by atoms with Crippen LogP contribution in [0.25, 0.3) is 6.08 Å². The zero-order valence-electron chi connectivity index (χ0n) is 13.2. The summed E-state index contributed by atoms with van der Waals surface area (Å²) in [7, 11) is 2.97. The van der Waals surface area contributed by atoms with Gasteiger partial charge >= 0.3 is 0 Å². The van der Waals surface area contributed by atoms with Crippen LogP contribution in [0.5, 0.6) is 11.5 Å².